The molecule has 224 valence electrons. The number of rotatable bonds is 4. The van der Waals surface area contributed by atoms with Gasteiger partial charge in [0.25, 0.3) is 5.96 Å². The van der Waals surface area contributed by atoms with Crippen molar-refractivity contribution in [3.05, 3.63) is 73.0 Å². The van der Waals surface area contributed by atoms with Crippen LogP contribution in [0.15, 0.2) is 35.6 Å². The van der Waals surface area contributed by atoms with Gasteiger partial charge in [0.15, 0.2) is 16.6 Å². The second-order valence-corrected chi connectivity index (χ2v) is 11.8. The monoisotopic (exact) mass is 618 g/mol. The van der Waals surface area contributed by atoms with Crippen LogP contribution in [0.5, 0.6) is 0 Å². The fourth-order valence-corrected chi connectivity index (χ4v) is 6.63. The molecule has 1 atom stereocenters. The van der Waals surface area contributed by atoms with Crippen LogP contribution in [-0.2, 0) is 25.6 Å². The van der Waals surface area contributed by atoms with Crippen molar-refractivity contribution >= 4 is 40.9 Å². The SMILES string of the molecule is Cc1cc(Cl)cc(C)c1C1C(=O)NC2(CCC3(CC2)OCCO3)C1=O.O=[N+]([O-])/N=C1\NCCN1Cc1ccc(Cl)nc1. The number of amides is 1. The number of benzene rings is 1. The maximum atomic E-state index is 13.3. The van der Waals surface area contributed by atoms with Crippen molar-refractivity contribution in [2.45, 2.75) is 63.3 Å². The molecular formula is C28H32Cl2N6O6. The number of Topliss-reactive ketones (excluding diaryl/α,β-unsaturated/α-hetero) is 1. The van der Waals surface area contributed by atoms with E-state index in [1.807, 2.05) is 32.0 Å². The molecule has 0 bridgehead atoms. The van der Waals surface area contributed by atoms with E-state index in [4.69, 9.17) is 32.7 Å². The van der Waals surface area contributed by atoms with Gasteiger partial charge in [-0.2, -0.15) is 0 Å². The summed E-state index contributed by atoms with van der Waals surface area (Å²) in [7, 11) is 0. The molecule has 4 fully saturated rings. The summed E-state index contributed by atoms with van der Waals surface area (Å²) in [5, 5.41) is 19.8. The Hall–Kier alpha value is -3.32. The van der Waals surface area contributed by atoms with Crippen LogP contribution in [0.1, 0.15) is 53.9 Å². The summed E-state index contributed by atoms with van der Waals surface area (Å²) in [6, 6.07) is 7.14. The fourth-order valence-electron chi connectivity index (χ4n) is 6.19. The van der Waals surface area contributed by atoms with Crippen LogP contribution < -0.4 is 10.6 Å². The Morgan fingerprint density at radius 3 is 2.38 bits per heavy atom. The molecule has 1 unspecified atom stereocenters. The average Bonchev–Trinajstić information content (AvgIpc) is 3.63. The smallest absolute Gasteiger partial charge is 0.271 e. The quantitative estimate of drug-likeness (QED) is 0.227. The lowest BCUT2D eigenvalue weighted by molar-refractivity contribution is -0.485. The molecule has 6 rings (SSSR count). The number of nitrogens with zero attached hydrogens (tertiary/aromatic N) is 4. The van der Waals surface area contributed by atoms with E-state index in [0.717, 1.165) is 22.3 Å². The van der Waals surface area contributed by atoms with Crippen LogP contribution in [0.4, 0.5) is 0 Å². The first-order valence-corrected chi connectivity index (χ1v) is 14.5. The molecule has 4 heterocycles. The molecule has 1 aliphatic carbocycles. The highest BCUT2D eigenvalue weighted by molar-refractivity contribution is 6.31. The Morgan fingerprint density at radius 2 is 1.79 bits per heavy atom. The molecule has 14 heteroatoms. The van der Waals surface area contributed by atoms with Crippen molar-refractivity contribution in [1.29, 1.82) is 0 Å². The zero-order chi connectivity index (χ0) is 30.1. The van der Waals surface area contributed by atoms with E-state index in [9.17, 15) is 19.7 Å². The molecule has 12 nitrogen and oxygen atoms in total. The molecule has 3 saturated heterocycles. The molecule has 2 spiro atoms. The molecular weight excluding hydrogens is 587 g/mol. The predicted octanol–water partition coefficient (Wildman–Crippen LogP) is 3.48. The lowest BCUT2D eigenvalue weighted by Crippen LogP contribution is -2.53. The molecule has 1 aromatic carbocycles. The minimum atomic E-state index is -0.791. The van der Waals surface area contributed by atoms with Gasteiger partial charge in [-0.1, -0.05) is 29.3 Å². The first-order valence-electron chi connectivity index (χ1n) is 13.7. The van der Waals surface area contributed by atoms with Gasteiger partial charge in [-0.3, -0.25) is 9.59 Å². The first kappa shape index (κ1) is 30.1. The van der Waals surface area contributed by atoms with Crippen LogP contribution in [0, 0.1) is 24.0 Å². The van der Waals surface area contributed by atoms with Gasteiger partial charge >= 0.3 is 0 Å². The van der Waals surface area contributed by atoms with Crippen LogP contribution in [0.2, 0.25) is 10.2 Å². The molecule has 3 aliphatic heterocycles. The molecule has 2 aromatic rings. The number of aryl methyl sites for hydroxylation is 2. The number of guanidine groups is 1. The summed E-state index contributed by atoms with van der Waals surface area (Å²) in [4.78, 5) is 42.1. The van der Waals surface area contributed by atoms with Gasteiger partial charge < -0.3 is 25.0 Å². The van der Waals surface area contributed by atoms with Crippen molar-refractivity contribution in [3.8, 4) is 0 Å². The second kappa shape index (κ2) is 12.1. The number of ether oxygens (including phenoxy) is 2. The Balaban J connectivity index is 0.000000181. The van der Waals surface area contributed by atoms with Gasteiger partial charge in [0, 0.05) is 43.7 Å². The molecule has 4 aliphatic rings. The molecule has 0 radical (unpaired) electrons. The summed E-state index contributed by atoms with van der Waals surface area (Å²) >= 11 is 11.8. The Bertz CT molecular complexity index is 1380. The van der Waals surface area contributed by atoms with E-state index in [-0.39, 0.29) is 17.6 Å². The lowest BCUT2D eigenvalue weighted by Gasteiger charge is -2.40. The number of hydrogen-bond acceptors (Lipinski definition) is 7. The highest BCUT2D eigenvalue weighted by Crippen LogP contribution is 2.46. The molecule has 1 saturated carbocycles. The summed E-state index contributed by atoms with van der Waals surface area (Å²) in [6.07, 6.45) is 4.01. The minimum absolute atomic E-state index is 0.0288. The Labute approximate surface area is 252 Å². The summed E-state index contributed by atoms with van der Waals surface area (Å²) in [5.41, 5.74) is 2.68. The Kier molecular flexibility index (Phi) is 8.70. The Morgan fingerprint density at radius 1 is 1.12 bits per heavy atom. The van der Waals surface area contributed by atoms with Crippen LogP contribution in [0.3, 0.4) is 0 Å². The number of nitrogens with one attached hydrogen (secondary N) is 2. The predicted molar refractivity (Wildman–Crippen MR) is 155 cm³/mol. The second-order valence-electron chi connectivity index (χ2n) is 10.9. The summed E-state index contributed by atoms with van der Waals surface area (Å²) in [5.74, 6) is -1.26. The fraction of sp³-hybridized carbons (Fsp3) is 0.500. The van der Waals surface area contributed by atoms with Gasteiger partial charge in [0.1, 0.15) is 21.7 Å². The van der Waals surface area contributed by atoms with Gasteiger partial charge in [0.05, 0.1) is 13.2 Å². The van der Waals surface area contributed by atoms with Gasteiger partial charge in [-0.05, 0) is 67.1 Å². The molecule has 1 aromatic heterocycles. The zero-order valence-electron chi connectivity index (χ0n) is 23.3. The van der Waals surface area contributed by atoms with Crippen LogP contribution in [-0.4, -0.2) is 70.2 Å². The number of aromatic nitrogens is 1. The number of pyridine rings is 1. The van der Waals surface area contributed by atoms with Crippen molar-refractivity contribution in [3.63, 3.8) is 0 Å². The number of halogens is 2. The maximum Gasteiger partial charge on any atom is 0.271 e. The van der Waals surface area contributed by atoms with Gasteiger partial charge in [-0.15, -0.1) is 0 Å². The third kappa shape index (κ3) is 6.22. The number of ketones is 1. The van der Waals surface area contributed by atoms with Crippen molar-refractivity contribution in [1.82, 2.24) is 20.5 Å². The van der Waals surface area contributed by atoms with Crippen molar-refractivity contribution < 1.29 is 24.1 Å². The van der Waals surface area contributed by atoms with E-state index in [1.54, 1.807) is 17.2 Å². The van der Waals surface area contributed by atoms with Crippen LogP contribution >= 0.6 is 23.2 Å². The number of hydrogen-bond donors (Lipinski definition) is 2. The zero-order valence-corrected chi connectivity index (χ0v) is 24.8. The third-order valence-electron chi connectivity index (χ3n) is 8.19. The summed E-state index contributed by atoms with van der Waals surface area (Å²) in [6.45, 7) is 6.83. The van der Waals surface area contributed by atoms with E-state index in [0.29, 0.717) is 68.7 Å². The van der Waals surface area contributed by atoms with E-state index < -0.39 is 22.3 Å². The molecule has 42 heavy (non-hydrogen) atoms. The minimum Gasteiger partial charge on any atom is -0.349 e. The number of hydrazone groups is 1. The molecule has 1 amide bonds. The summed E-state index contributed by atoms with van der Waals surface area (Å²) < 4.78 is 11.5. The topological polar surface area (TPSA) is 148 Å². The average molecular weight is 620 g/mol. The highest BCUT2D eigenvalue weighted by Gasteiger charge is 2.57. The standard InChI is InChI=1S/C19H22ClNO4.C9H10ClN5O2/c1-11-9-13(20)10-12(2)14(11)15-16(22)18(21-17(15)23)3-5-19(6-4-18)24-7-8-25-19;10-8-2-1-7(5-12-8)6-14-4-3-11-9(14)13-15(16)17/h9-10,15H,3-8H2,1-2H3,(H,21,23);1-2,5H,3-4,6H2,(H,11,13). The number of nitro groups is 1. The maximum absolute atomic E-state index is 13.3. The van der Waals surface area contributed by atoms with E-state index >= 15 is 0 Å². The number of carbonyl (C=O) groups is 2. The number of carbonyl (C=O) groups excluding carboxylic acids is 2. The van der Waals surface area contributed by atoms with Crippen molar-refractivity contribution in [2.24, 2.45) is 5.10 Å². The van der Waals surface area contributed by atoms with Crippen molar-refractivity contribution in [2.75, 3.05) is 26.3 Å². The normalized spacial score (nSPS) is 23.2. The molecule has 2 N–H and O–H groups in total. The first-order chi connectivity index (χ1) is 20.0. The third-order valence-corrected chi connectivity index (χ3v) is 8.63. The van der Waals surface area contributed by atoms with E-state index in [2.05, 4.69) is 20.7 Å². The van der Waals surface area contributed by atoms with E-state index in [1.165, 1.54) is 0 Å². The highest BCUT2D eigenvalue weighted by atomic mass is 35.5. The largest absolute Gasteiger partial charge is 0.349 e. The van der Waals surface area contributed by atoms with Gasteiger partial charge in [-0.25, -0.2) is 15.1 Å². The lowest BCUT2D eigenvalue weighted by atomic mass is 9.74. The van der Waals surface area contributed by atoms with Gasteiger partial charge in [0.2, 0.25) is 5.91 Å². The van der Waals surface area contributed by atoms with Crippen LogP contribution in [0.25, 0.3) is 0 Å².